The molecule has 2 N–H and O–H groups in total. The van der Waals surface area contributed by atoms with Crippen LogP contribution in [0, 0.1) is 5.41 Å². The predicted molar refractivity (Wildman–Crippen MR) is 58.8 cm³/mol. The quantitative estimate of drug-likeness (QED) is 0.602. The molecule has 1 amide bonds. The van der Waals surface area contributed by atoms with Crippen LogP contribution in [-0.2, 0) is 4.79 Å². The van der Waals surface area contributed by atoms with E-state index >= 15 is 0 Å². The summed E-state index contributed by atoms with van der Waals surface area (Å²) in [5.41, 5.74) is -0.192. The van der Waals surface area contributed by atoms with Crippen LogP contribution in [0.1, 0.15) is 12.8 Å². The van der Waals surface area contributed by atoms with E-state index in [1.807, 2.05) is 7.05 Å². The Balaban J connectivity index is 1.92. The molecule has 1 spiro atoms. The fourth-order valence-corrected chi connectivity index (χ4v) is 2.95. The Hall–Kier alpha value is -0.650. The number of amides is 1. The zero-order valence-electron chi connectivity index (χ0n) is 9.72. The van der Waals surface area contributed by atoms with Crippen molar-refractivity contribution >= 4 is 5.91 Å². The standard InChI is InChI=1S/C11H20N2O3/c1-12-7-11(10(12)16)3-2-4-13(8-11)5-9(15)6-14/h9,14-15H,2-8H2,1H3/t9-,11-/m1/s1. The van der Waals surface area contributed by atoms with Gasteiger partial charge in [-0.05, 0) is 19.4 Å². The van der Waals surface area contributed by atoms with Gasteiger partial charge < -0.3 is 15.1 Å². The van der Waals surface area contributed by atoms with E-state index in [2.05, 4.69) is 4.90 Å². The molecule has 0 bridgehead atoms. The van der Waals surface area contributed by atoms with Crippen molar-refractivity contribution in [3.8, 4) is 0 Å². The molecule has 0 saturated carbocycles. The molecule has 2 aliphatic rings. The monoisotopic (exact) mass is 228 g/mol. The van der Waals surface area contributed by atoms with Crippen molar-refractivity contribution in [1.29, 1.82) is 0 Å². The zero-order chi connectivity index (χ0) is 11.8. The Labute approximate surface area is 95.6 Å². The fourth-order valence-electron chi connectivity index (χ4n) is 2.95. The third-order valence-electron chi connectivity index (χ3n) is 3.68. The van der Waals surface area contributed by atoms with Crippen LogP contribution in [0.2, 0.25) is 0 Å². The Morgan fingerprint density at radius 2 is 2.25 bits per heavy atom. The Morgan fingerprint density at radius 1 is 1.50 bits per heavy atom. The third kappa shape index (κ3) is 1.95. The maximum absolute atomic E-state index is 11.8. The van der Waals surface area contributed by atoms with E-state index in [1.165, 1.54) is 0 Å². The molecule has 0 aliphatic carbocycles. The lowest BCUT2D eigenvalue weighted by molar-refractivity contribution is -0.164. The minimum absolute atomic E-state index is 0.192. The van der Waals surface area contributed by atoms with Crippen LogP contribution in [0.5, 0.6) is 0 Å². The Bertz CT molecular complexity index is 280. The lowest BCUT2D eigenvalue weighted by Crippen LogP contribution is -2.66. The van der Waals surface area contributed by atoms with E-state index < -0.39 is 6.10 Å². The van der Waals surface area contributed by atoms with E-state index in [9.17, 15) is 9.90 Å². The van der Waals surface area contributed by atoms with E-state index in [-0.39, 0.29) is 17.9 Å². The first-order valence-electron chi connectivity index (χ1n) is 5.84. The number of rotatable bonds is 3. The topological polar surface area (TPSA) is 64.0 Å². The molecule has 2 saturated heterocycles. The average molecular weight is 228 g/mol. The molecule has 0 aromatic rings. The number of aliphatic hydroxyl groups excluding tert-OH is 2. The first-order chi connectivity index (χ1) is 7.57. The van der Waals surface area contributed by atoms with Crippen LogP contribution in [0.25, 0.3) is 0 Å². The van der Waals surface area contributed by atoms with Crippen LogP contribution in [0.15, 0.2) is 0 Å². The summed E-state index contributed by atoms with van der Waals surface area (Å²) in [7, 11) is 1.83. The van der Waals surface area contributed by atoms with Gasteiger partial charge in [0, 0.05) is 26.7 Å². The number of nitrogens with zero attached hydrogens (tertiary/aromatic N) is 2. The van der Waals surface area contributed by atoms with Crippen LogP contribution in [0.4, 0.5) is 0 Å². The molecule has 5 heteroatoms. The molecule has 2 aliphatic heterocycles. The number of hydrogen-bond donors (Lipinski definition) is 2. The number of likely N-dealkylation sites (tertiary alicyclic amines) is 2. The zero-order valence-corrected chi connectivity index (χ0v) is 9.72. The van der Waals surface area contributed by atoms with Gasteiger partial charge >= 0.3 is 0 Å². The number of β-amino-alcohol motifs (C(OH)–C–C–N with tert-alkyl or cyclic N) is 1. The molecule has 2 atom stereocenters. The number of aliphatic hydroxyl groups is 2. The minimum atomic E-state index is -0.692. The van der Waals surface area contributed by atoms with Crippen molar-refractivity contribution in [1.82, 2.24) is 9.80 Å². The van der Waals surface area contributed by atoms with Gasteiger partial charge in [0.1, 0.15) is 0 Å². The lowest BCUT2D eigenvalue weighted by atomic mass is 9.72. The second-order valence-corrected chi connectivity index (χ2v) is 5.12. The van der Waals surface area contributed by atoms with Crippen molar-refractivity contribution < 1.29 is 15.0 Å². The summed E-state index contributed by atoms with van der Waals surface area (Å²) in [6.45, 7) is 2.73. The normalized spacial score (nSPS) is 32.9. The first-order valence-corrected chi connectivity index (χ1v) is 5.84. The average Bonchev–Trinajstić information content (AvgIpc) is 2.29. The van der Waals surface area contributed by atoms with Gasteiger partial charge in [0.25, 0.3) is 0 Å². The van der Waals surface area contributed by atoms with E-state index in [0.29, 0.717) is 6.54 Å². The van der Waals surface area contributed by atoms with Gasteiger partial charge in [0.05, 0.1) is 18.1 Å². The van der Waals surface area contributed by atoms with E-state index in [1.54, 1.807) is 4.90 Å². The van der Waals surface area contributed by atoms with E-state index in [0.717, 1.165) is 32.5 Å². The number of β-lactam (4-membered cyclic amide) rings is 1. The smallest absolute Gasteiger partial charge is 0.231 e. The summed E-state index contributed by atoms with van der Waals surface area (Å²) in [4.78, 5) is 15.7. The molecule has 92 valence electrons. The molecule has 0 aromatic carbocycles. The minimum Gasteiger partial charge on any atom is -0.394 e. The SMILES string of the molecule is CN1C[C@@]2(CCCN(C[C@@H](O)CO)C2)C1=O. The molecule has 0 unspecified atom stereocenters. The Kier molecular flexibility index (Phi) is 3.19. The highest BCUT2D eigenvalue weighted by molar-refractivity contribution is 5.88. The van der Waals surface area contributed by atoms with Crippen molar-refractivity contribution in [2.24, 2.45) is 5.41 Å². The molecular formula is C11H20N2O3. The van der Waals surface area contributed by atoms with Gasteiger partial charge in [0.15, 0.2) is 0 Å². The van der Waals surface area contributed by atoms with Crippen molar-refractivity contribution in [3.63, 3.8) is 0 Å². The van der Waals surface area contributed by atoms with Gasteiger partial charge in [-0.15, -0.1) is 0 Å². The molecule has 0 radical (unpaired) electrons. The van der Waals surface area contributed by atoms with Gasteiger partial charge in [-0.1, -0.05) is 0 Å². The number of carbonyl (C=O) groups is 1. The van der Waals surface area contributed by atoms with Crippen molar-refractivity contribution in [2.75, 3.05) is 39.8 Å². The molecule has 2 heterocycles. The molecule has 5 nitrogen and oxygen atoms in total. The molecule has 2 fully saturated rings. The third-order valence-corrected chi connectivity index (χ3v) is 3.68. The van der Waals surface area contributed by atoms with Gasteiger partial charge in [0.2, 0.25) is 5.91 Å². The second kappa shape index (κ2) is 4.31. The molecular weight excluding hydrogens is 208 g/mol. The molecule has 0 aromatic heterocycles. The van der Waals surface area contributed by atoms with Crippen molar-refractivity contribution in [2.45, 2.75) is 18.9 Å². The number of hydrogen-bond acceptors (Lipinski definition) is 4. The highest BCUT2D eigenvalue weighted by atomic mass is 16.3. The predicted octanol–water partition coefficient (Wildman–Crippen LogP) is -1.11. The highest BCUT2D eigenvalue weighted by Crippen LogP contribution is 2.39. The number of carbonyl (C=O) groups excluding carboxylic acids is 1. The summed E-state index contributed by atoms with van der Waals surface area (Å²) in [5.74, 6) is 0.232. The largest absolute Gasteiger partial charge is 0.394 e. The lowest BCUT2D eigenvalue weighted by Gasteiger charge is -2.52. The van der Waals surface area contributed by atoms with Crippen LogP contribution in [-0.4, -0.2) is 71.9 Å². The summed E-state index contributed by atoms with van der Waals surface area (Å²) in [6, 6.07) is 0. The van der Waals surface area contributed by atoms with Crippen LogP contribution in [0.3, 0.4) is 0 Å². The van der Waals surface area contributed by atoms with Crippen LogP contribution < -0.4 is 0 Å². The molecule has 2 rings (SSSR count). The van der Waals surface area contributed by atoms with Gasteiger partial charge in [-0.25, -0.2) is 0 Å². The van der Waals surface area contributed by atoms with Gasteiger partial charge in [-0.2, -0.15) is 0 Å². The number of piperidine rings is 1. The van der Waals surface area contributed by atoms with E-state index in [4.69, 9.17) is 5.11 Å². The summed E-state index contributed by atoms with van der Waals surface area (Å²) < 4.78 is 0. The second-order valence-electron chi connectivity index (χ2n) is 5.12. The summed E-state index contributed by atoms with van der Waals surface area (Å²) in [6.07, 6.45) is 1.27. The maximum Gasteiger partial charge on any atom is 0.231 e. The Morgan fingerprint density at radius 3 is 2.81 bits per heavy atom. The highest BCUT2D eigenvalue weighted by Gasteiger charge is 2.52. The summed E-state index contributed by atoms with van der Waals surface area (Å²) >= 11 is 0. The first kappa shape index (κ1) is 11.8. The maximum atomic E-state index is 11.8. The fraction of sp³-hybridized carbons (Fsp3) is 0.909. The summed E-state index contributed by atoms with van der Waals surface area (Å²) in [5, 5.41) is 18.2. The molecule has 16 heavy (non-hydrogen) atoms. The van der Waals surface area contributed by atoms with Gasteiger partial charge in [-0.3, -0.25) is 9.69 Å². The van der Waals surface area contributed by atoms with Crippen LogP contribution >= 0.6 is 0 Å². The van der Waals surface area contributed by atoms with Crippen molar-refractivity contribution in [3.05, 3.63) is 0 Å².